The number of guanidine groups is 1. The molecule has 10 atom stereocenters. The normalized spacial score (nSPS) is 16.7. The number of nitrogens with zero attached hydrogens (tertiary/aromatic N) is 3. The van der Waals surface area contributed by atoms with Crippen LogP contribution in [0.5, 0.6) is 0 Å². The Morgan fingerprint density at radius 1 is 0.562 bits per heavy atom. The number of carbonyl (C=O) groups is 13. The zero-order valence-corrected chi connectivity index (χ0v) is 56.1. The molecule has 96 heavy (non-hydrogen) atoms. The highest BCUT2D eigenvalue weighted by Gasteiger charge is 2.42. The summed E-state index contributed by atoms with van der Waals surface area (Å²) in [7, 11) is 1.20. The molecule has 0 spiro atoms. The van der Waals surface area contributed by atoms with E-state index in [1.54, 1.807) is 60.7 Å². The summed E-state index contributed by atoms with van der Waals surface area (Å²) >= 11 is 1.46. The highest BCUT2D eigenvalue weighted by Crippen LogP contribution is 2.24. The lowest BCUT2D eigenvalue weighted by Gasteiger charge is -2.32. The molecular weight excluding hydrogens is 1260 g/mol. The Hall–Kier alpha value is -8.91. The van der Waals surface area contributed by atoms with E-state index in [-0.39, 0.29) is 83.0 Å². The van der Waals surface area contributed by atoms with Crippen molar-refractivity contribution in [2.45, 2.75) is 183 Å². The van der Waals surface area contributed by atoms with Gasteiger partial charge in [0.1, 0.15) is 54.4 Å². The number of hydrogen-bond acceptors (Lipinski definition) is 18. The molecule has 20 N–H and O–H groups in total. The van der Waals surface area contributed by atoms with Crippen molar-refractivity contribution in [1.29, 1.82) is 0 Å². The summed E-state index contributed by atoms with van der Waals surface area (Å²) in [6.45, 7) is 3.88. The number of benzene rings is 2. The minimum Gasteiger partial charge on any atom is -0.467 e. The van der Waals surface area contributed by atoms with E-state index in [0.29, 0.717) is 55.4 Å². The number of carbonyl (C=O) groups excluding carboxylic acids is 13. The molecule has 2 fully saturated rings. The van der Waals surface area contributed by atoms with Gasteiger partial charge >= 0.3 is 5.97 Å². The summed E-state index contributed by atoms with van der Waals surface area (Å²) in [6, 6.07) is 4.54. The molecule has 2 aliphatic heterocycles. The first-order valence-electron chi connectivity index (χ1n) is 32.5. The first kappa shape index (κ1) is 79.5. The second kappa shape index (κ2) is 41.8. The van der Waals surface area contributed by atoms with E-state index >= 15 is 0 Å². The number of rotatable bonds is 42. The Labute approximate surface area is 564 Å². The Balaban J connectivity index is 1.57. The third kappa shape index (κ3) is 27.4. The van der Waals surface area contributed by atoms with Crippen molar-refractivity contribution in [3.63, 3.8) is 0 Å². The van der Waals surface area contributed by atoms with Crippen molar-refractivity contribution in [3.8, 4) is 0 Å². The van der Waals surface area contributed by atoms with E-state index in [0.717, 1.165) is 0 Å². The van der Waals surface area contributed by atoms with Gasteiger partial charge in [0, 0.05) is 45.3 Å². The van der Waals surface area contributed by atoms with Crippen molar-refractivity contribution in [2.24, 2.45) is 45.3 Å². The smallest absolute Gasteiger partial charge is 0.328 e. The molecule has 0 aliphatic carbocycles. The van der Waals surface area contributed by atoms with Gasteiger partial charge in [0.15, 0.2) is 5.96 Å². The average Bonchev–Trinajstić information content (AvgIpc) is 1.63. The summed E-state index contributed by atoms with van der Waals surface area (Å²) in [5.41, 5.74) is 35.1. The maximum absolute atomic E-state index is 14.7. The van der Waals surface area contributed by atoms with Gasteiger partial charge in [-0.15, -0.1) is 0 Å². The third-order valence-corrected chi connectivity index (χ3v) is 16.8. The molecule has 0 unspecified atom stereocenters. The van der Waals surface area contributed by atoms with Gasteiger partial charge in [-0.2, -0.15) is 11.8 Å². The molecule has 2 saturated heterocycles. The second-order valence-corrected chi connectivity index (χ2v) is 25.2. The number of methoxy groups -OCH3 is 1. The van der Waals surface area contributed by atoms with Gasteiger partial charge in [-0.3, -0.25) is 62.5 Å². The highest BCUT2D eigenvalue weighted by molar-refractivity contribution is 7.98. The predicted octanol–water partition coefficient (Wildman–Crippen LogP) is -3.02. The number of nitrogens with two attached hydrogens (primary N) is 6. The van der Waals surface area contributed by atoms with Crippen molar-refractivity contribution >= 4 is 94.6 Å². The largest absolute Gasteiger partial charge is 0.467 e. The molecule has 2 heterocycles. The Morgan fingerprint density at radius 2 is 1.04 bits per heavy atom. The summed E-state index contributed by atoms with van der Waals surface area (Å²) in [4.78, 5) is 185. The molecule has 0 aromatic heterocycles. The fraction of sp³-hybridized carbons (Fsp3) is 0.594. The molecule has 0 bridgehead atoms. The van der Waals surface area contributed by atoms with Crippen LogP contribution < -0.4 is 76.9 Å². The maximum atomic E-state index is 14.7. The number of primary amides is 2. The SMILES string of the molecule is COC(=O)[C@@H](CCSC)NC(=O)[C@H](CC(C)C)NC(=O)CNC(=O)[C@H](Cc1ccccc1)NC(=O)[C@@H](Cc1ccccc1)NC(=O)[C@H](CCC(N)=O)NC(=O)[C@H](CCC(N)=O)NC(=O)[C@@H]1CCCN1C(=O)[C@H](CCCCN)NC(=O)[C@@H]1CCCN1C(=O)[C@@H](N)CCCN=C(N)N. The van der Waals surface area contributed by atoms with Crippen molar-refractivity contribution in [3.05, 3.63) is 71.8 Å². The lowest BCUT2D eigenvalue weighted by molar-refractivity contribution is -0.145. The molecule has 12 amide bonds. The number of likely N-dealkylation sites (tertiary alicyclic amines) is 2. The monoisotopic (exact) mass is 1360 g/mol. The van der Waals surface area contributed by atoms with Gasteiger partial charge in [0.25, 0.3) is 0 Å². The number of esters is 1. The zero-order chi connectivity index (χ0) is 70.9. The molecule has 32 heteroatoms. The van der Waals surface area contributed by atoms with Gasteiger partial charge in [0.2, 0.25) is 70.9 Å². The van der Waals surface area contributed by atoms with Crippen LogP contribution in [0.1, 0.15) is 121 Å². The fourth-order valence-corrected chi connectivity index (χ4v) is 11.6. The lowest BCUT2D eigenvalue weighted by atomic mass is 10.0. The van der Waals surface area contributed by atoms with Gasteiger partial charge in [0.05, 0.1) is 19.7 Å². The van der Waals surface area contributed by atoms with Crippen LogP contribution in [0, 0.1) is 5.92 Å². The molecule has 2 aromatic carbocycles. The van der Waals surface area contributed by atoms with Crippen LogP contribution in [-0.4, -0.2) is 205 Å². The number of unbranched alkanes of at least 4 members (excludes halogenated alkanes) is 1. The maximum Gasteiger partial charge on any atom is 0.328 e. The van der Waals surface area contributed by atoms with E-state index in [4.69, 9.17) is 39.1 Å². The third-order valence-electron chi connectivity index (χ3n) is 16.2. The lowest BCUT2D eigenvalue weighted by Crippen LogP contribution is -2.60. The Kier molecular flexibility index (Phi) is 34.6. The molecular formula is C64H99N17O14S. The van der Waals surface area contributed by atoms with E-state index in [1.165, 1.54) is 28.7 Å². The van der Waals surface area contributed by atoms with Crippen LogP contribution in [0.2, 0.25) is 0 Å². The summed E-state index contributed by atoms with van der Waals surface area (Å²) in [5.74, 6) is -9.69. The number of thioether (sulfide) groups is 1. The quantitative estimate of drug-likeness (QED) is 0.0136. The van der Waals surface area contributed by atoms with Gasteiger partial charge < -0.3 is 91.5 Å². The molecule has 0 radical (unpaired) electrons. The number of amides is 12. The molecule has 2 aromatic rings. The minimum absolute atomic E-state index is 0.0737. The summed E-state index contributed by atoms with van der Waals surface area (Å²) in [5, 5.41) is 21.2. The molecule has 2 aliphatic rings. The Bertz CT molecular complexity index is 2980. The number of aliphatic imine (C=N–C) groups is 1. The summed E-state index contributed by atoms with van der Waals surface area (Å²) < 4.78 is 4.88. The van der Waals surface area contributed by atoms with Crippen molar-refractivity contribution < 1.29 is 67.1 Å². The minimum atomic E-state index is -1.64. The second-order valence-electron chi connectivity index (χ2n) is 24.2. The van der Waals surface area contributed by atoms with Crippen LogP contribution in [-0.2, 0) is 79.9 Å². The van der Waals surface area contributed by atoms with Crippen LogP contribution >= 0.6 is 11.8 Å². The summed E-state index contributed by atoms with van der Waals surface area (Å²) in [6.07, 6.45) is 3.15. The highest BCUT2D eigenvalue weighted by atomic mass is 32.2. The van der Waals surface area contributed by atoms with Crippen molar-refractivity contribution in [2.75, 3.05) is 51.8 Å². The topological polar surface area (TPSA) is 502 Å². The van der Waals surface area contributed by atoms with Crippen LogP contribution in [0.3, 0.4) is 0 Å². The van der Waals surface area contributed by atoms with Crippen LogP contribution in [0.15, 0.2) is 65.7 Å². The van der Waals surface area contributed by atoms with Gasteiger partial charge in [-0.25, -0.2) is 4.79 Å². The average molecular weight is 1360 g/mol. The van der Waals surface area contributed by atoms with Gasteiger partial charge in [-0.1, -0.05) is 74.5 Å². The van der Waals surface area contributed by atoms with Crippen molar-refractivity contribution in [1.82, 2.24) is 52.3 Å². The molecule has 31 nitrogen and oxygen atoms in total. The standard InChI is InChI=1S/C64H99N17O14S/c1-38(2)34-46(57(88)77-45(28-33-96-4)63(94)95-3)73-53(84)37-72-54(85)47(35-39-16-7-5-8-17-39)78-58(89)48(36-40-18-9-6-10-19-40)79-56(87)42(24-26-51(67)82)74-55(86)43(25-27-52(68)83)75-59(90)50-23-15-32-81(50)62(93)44(21-11-12-29-65)76-60(91)49-22-14-31-80(49)61(92)41(66)20-13-30-71-64(69)70/h5-10,16-19,38,41-50H,11-15,20-37,65-66H2,1-4H3,(H2,67,82)(H2,68,83)(H,72,85)(H,73,84)(H,74,86)(H,75,90)(H,76,91)(H,77,88)(H,78,89)(H,79,87)(H4,69,70,71)/t41-,42-,43-,44-,45+,46-,47-,48+,49-,50-/m0/s1. The first-order chi connectivity index (χ1) is 45.8. The number of hydrogen-bond donors (Lipinski definition) is 14. The number of ether oxygens (including phenoxy) is 1. The molecule has 530 valence electrons. The predicted molar refractivity (Wildman–Crippen MR) is 358 cm³/mol. The van der Waals surface area contributed by atoms with E-state index in [9.17, 15) is 62.3 Å². The van der Waals surface area contributed by atoms with E-state index < -0.39 is 170 Å². The van der Waals surface area contributed by atoms with Crippen LogP contribution in [0.4, 0.5) is 0 Å². The first-order valence-corrected chi connectivity index (χ1v) is 33.9. The molecule has 4 rings (SSSR count). The number of nitrogens with one attached hydrogen (secondary N) is 8. The molecule has 0 saturated carbocycles. The van der Waals surface area contributed by atoms with E-state index in [2.05, 4.69) is 47.5 Å². The van der Waals surface area contributed by atoms with E-state index in [1.807, 2.05) is 20.1 Å². The Morgan fingerprint density at radius 3 is 1.54 bits per heavy atom. The zero-order valence-electron chi connectivity index (χ0n) is 55.3. The van der Waals surface area contributed by atoms with Crippen LogP contribution in [0.25, 0.3) is 0 Å². The fourth-order valence-electron chi connectivity index (χ4n) is 11.1. The van der Waals surface area contributed by atoms with Gasteiger partial charge in [-0.05, 0) is 119 Å².